The molecule has 0 atom stereocenters. The average Bonchev–Trinajstić information content (AvgIpc) is 2.43. The van der Waals surface area contributed by atoms with E-state index >= 15 is 0 Å². The molecule has 0 amide bonds. The number of aromatic nitrogens is 1. The maximum Gasteiger partial charge on any atom is 0.0479 e. The number of nitrogens with zero attached hydrogens (tertiary/aromatic N) is 1. The highest BCUT2D eigenvalue weighted by atomic mass is 32.1. The van der Waals surface area contributed by atoms with Gasteiger partial charge in [-0.3, -0.25) is 0 Å². The molecular weight excluding hydrogens is 190 g/mol. The minimum Gasteiger partial charge on any atom is -0.348 e. The molecule has 2 rings (SSSR count). The molecule has 0 radical (unpaired) electrons. The fourth-order valence-electron chi connectivity index (χ4n) is 1.82. The van der Waals surface area contributed by atoms with Crippen molar-refractivity contribution in [2.45, 2.75) is 13.3 Å². The van der Waals surface area contributed by atoms with Gasteiger partial charge in [-0.15, -0.1) is 0 Å². The number of hydrogen-bond donors (Lipinski definition) is 1. The summed E-state index contributed by atoms with van der Waals surface area (Å²) < 4.78 is 2.22. The number of aryl methyl sites for hydroxylation is 3. The minimum atomic E-state index is 0.914. The summed E-state index contributed by atoms with van der Waals surface area (Å²) in [4.78, 5) is 0. The third-order valence-electron chi connectivity index (χ3n) is 2.75. The van der Waals surface area contributed by atoms with Crippen LogP contribution in [0.4, 0.5) is 0 Å². The third kappa shape index (κ3) is 1.55. The van der Waals surface area contributed by atoms with Crippen LogP contribution in [-0.2, 0) is 13.5 Å². The van der Waals surface area contributed by atoms with Crippen LogP contribution in [0.25, 0.3) is 10.9 Å². The van der Waals surface area contributed by atoms with E-state index in [-0.39, 0.29) is 0 Å². The van der Waals surface area contributed by atoms with Crippen molar-refractivity contribution in [1.29, 1.82) is 0 Å². The molecule has 1 aromatic heterocycles. The lowest BCUT2D eigenvalue weighted by Crippen LogP contribution is -1.90. The van der Waals surface area contributed by atoms with Crippen molar-refractivity contribution in [3.8, 4) is 0 Å². The monoisotopic (exact) mass is 205 g/mol. The molecule has 0 aliphatic rings. The summed E-state index contributed by atoms with van der Waals surface area (Å²) in [5.41, 5.74) is 3.99. The van der Waals surface area contributed by atoms with Crippen LogP contribution in [0.3, 0.4) is 0 Å². The molecule has 2 aromatic rings. The number of fused-ring (bicyclic) bond motifs is 1. The van der Waals surface area contributed by atoms with Crippen LogP contribution in [0.5, 0.6) is 0 Å². The van der Waals surface area contributed by atoms with Gasteiger partial charge >= 0.3 is 0 Å². The Morgan fingerprint density at radius 1 is 1.29 bits per heavy atom. The molecule has 0 bridgehead atoms. The summed E-state index contributed by atoms with van der Waals surface area (Å²) in [5, 5.41) is 1.34. The van der Waals surface area contributed by atoms with E-state index in [0.29, 0.717) is 0 Å². The van der Waals surface area contributed by atoms with Crippen molar-refractivity contribution in [3.05, 3.63) is 35.5 Å². The maximum absolute atomic E-state index is 4.25. The Morgan fingerprint density at radius 3 is 2.79 bits per heavy atom. The smallest absolute Gasteiger partial charge is 0.0479 e. The van der Waals surface area contributed by atoms with Gasteiger partial charge in [-0.25, -0.2) is 0 Å². The van der Waals surface area contributed by atoms with Crippen molar-refractivity contribution in [2.24, 2.45) is 7.05 Å². The van der Waals surface area contributed by atoms with E-state index in [1.54, 1.807) is 0 Å². The van der Waals surface area contributed by atoms with Crippen LogP contribution in [0.1, 0.15) is 11.3 Å². The lowest BCUT2D eigenvalue weighted by molar-refractivity contribution is 0.918. The van der Waals surface area contributed by atoms with Gasteiger partial charge in [0.05, 0.1) is 0 Å². The first-order valence-electron chi connectivity index (χ1n) is 4.88. The van der Waals surface area contributed by atoms with E-state index in [0.717, 1.165) is 12.2 Å². The van der Waals surface area contributed by atoms with Crippen molar-refractivity contribution >= 4 is 23.5 Å². The number of rotatable bonds is 2. The van der Waals surface area contributed by atoms with E-state index in [1.165, 1.54) is 22.2 Å². The summed E-state index contributed by atoms with van der Waals surface area (Å²) >= 11 is 4.25. The molecule has 1 nitrogen and oxygen atoms in total. The normalized spacial score (nSPS) is 11.1. The van der Waals surface area contributed by atoms with Crippen LogP contribution in [0.15, 0.2) is 24.3 Å². The molecule has 1 heterocycles. The Morgan fingerprint density at radius 2 is 2.07 bits per heavy atom. The van der Waals surface area contributed by atoms with Gasteiger partial charge in [0.2, 0.25) is 0 Å². The summed E-state index contributed by atoms with van der Waals surface area (Å²) in [6, 6.07) is 8.88. The Kier molecular flexibility index (Phi) is 2.55. The Hall–Kier alpha value is -0.890. The Bertz CT molecular complexity index is 457. The van der Waals surface area contributed by atoms with Gasteiger partial charge in [-0.1, -0.05) is 6.07 Å². The van der Waals surface area contributed by atoms with Crippen molar-refractivity contribution in [1.82, 2.24) is 4.57 Å². The van der Waals surface area contributed by atoms with Crippen LogP contribution in [-0.4, -0.2) is 10.3 Å². The zero-order chi connectivity index (χ0) is 10.1. The molecule has 0 fully saturated rings. The quantitative estimate of drug-likeness (QED) is 0.719. The molecule has 74 valence electrons. The predicted octanol–water partition coefficient (Wildman–Crippen LogP) is 2.96. The van der Waals surface area contributed by atoms with Crippen LogP contribution >= 0.6 is 12.6 Å². The highest BCUT2D eigenvalue weighted by Gasteiger charge is 2.02. The molecule has 0 unspecified atom stereocenters. The molecule has 0 spiro atoms. The molecule has 0 aliphatic heterocycles. The minimum absolute atomic E-state index is 0.914. The fourth-order valence-corrected chi connectivity index (χ4v) is 2.08. The predicted molar refractivity (Wildman–Crippen MR) is 65.2 cm³/mol. The summed E-state index contributed by atoms with van der Waals surface area (Å²) in [5.74, 6) is 0.914. The summed E-state index contributed by atoms with van der Waals surface area (Å²) in [6.45, 7) is 2.14. The molecule has 0 saturated heterocycles. The zero-order valence-corrected chi connectivity index (χ0v) is 9.51. The van der Waals surface area contributed by atoms with Crippen LogP contribution in [0, 0.1) is 6.92 Å². The van der Waals surface area contributed by atoms with Crippen LogP contribution < -0.4 is 0 Å². The zero-order valence-electron chi connectivity index (χ0n) is 8.62. The second-order valence-corrected chi connectivity index (χ2v) is 4.16. The van der Waals surface area contributed by atoms with E-state index < -0.39 is 0 Å². The van der Waals surface area contributed by atoms with Crippen molar-refractivity contribution < 1.29 is 0 Å². The lowest BCUT2D eigenvalue weighted by Gasteiger charge is -2.00. The van der Waals surface area contributed by atoms with Gasteiger partial charge in [0.1, 0.15) is 0 Å². The number of hydrogen-bond acceptors (Lipinski definition) is 1. The molecule has 14 heavy (non-hydrogen) atoms. The molecule has 0 saturated carbocycles. The van der Waals surface area contributed by atoms with E-state index in [1.807, 2.05) is 0 Å². The maximum atomic E-state index is 4.25. The van der Waals surface area contributed by atoms with Gasteiger partial charge in [0, 0.05) is 23.6 Å². The average molecular weight is 205 g/mol. The second kappa shape index (κ2) is 3.70. The molecule has 0 aliphatic carbocycles. The molecule has 2 heteroatoms. The van der Waals surface area contributed by atoms with Crippen molar-refractivity contribution in [3.63, 3.8) is 0 Å². The number of thiol groups is 1. The van der Waals surface area contributed by atoms with E-state index in [9.17, 15) is 0 Å². The fraction of sp³-hybridized carbons (Fsp3) is 0.333. The van der Waals surface area contributed by atoms with Crippen molar-refractivity contribution in [2.75, 3.05) is 5.75 Å². The second-order valence-electron chi connectivity index (χ2n) is 3.71. The molecular formula is C12H15NS. The van der Waals surface area contributed by atoms with Crippen LogP contribution in [0.2, 0.25) is 0 Å². The summed E-state index contributed by atoms with van der Waals surface area (Å²) in [6.07, 6.45) is 1.05. The topological polar surface area (TPSA) is 4.93 Å². The molecule has 0 N–H and O–H groups in total. The van der Waals surface area contributed by atoms with E-state index in [2.05, 4.69) is 55.4 Å². The molecule has 1 aromatic carbocycles. The first-order chi connectivity index (χ1) is 6.72. The highest BCUT2D eigenvalue weighted by Crippen LogP contribution is 2.20. The SMILES string of the molecule is Cc1cc2cc(CCS)ccc2n1C. The van der Waals surface area contributed by atoms with Gasteiger partial charge in [0.15, 0.2) is 0 Å². The Labute approximate surface area is 90.1 Å². The van der Waals surface area contributed by atoms with Gasteiger partial charge in [-0.05, 0) is 42.9 Å². The third-order valence-corrected chi connectivity index (χ3v) is 2.97. The number of benzene rings is 1. The Balaban J connectivity index is 2.56. The summed E-state index contributed by atoms with van der Waals surface area (Å²) in [7, 11) is 2.11. The highest BCUT2D eigenvalue weighted by molar-refractivity contribution is 7.80. The first-order valence-corrected chi connectivity index (χ1v) is 5.51. The van der Waals surface area contributed by atoms with Gasteiger partial charge in [0.25, 0.3) is 0 Å². The van der Waals surface area contributed by atoms with Gasteiger partial charge < -0.3 is 4.57 Å². The van der Waals surface area contributed by atoms with Gasteiger partial charge in [-0.2, -0.15) is 12.6 Å². The largest absolute Gasteiger partial charge is 0.348 e. The lowest BCUT2D eigenvalue weighted by atomic mass is 10.1. The first kappa shape index (κ1) is 9.66. The van der Waals surface area contributed by atoms with E-state index in [4.69, 9.17) is 0 Å². The standard InChI is InChI=1S/C12H15NS/c1-9-7-11-8-10(5-6-14)3-4-12(11)13(9)2/h3-4,7-8,14H,5-6H2,1-2H3.